The number of ether oxygens (including phenoxy) is 1. The molecule has 0 saturated heterocycles. The van der Waals surface area contributed by atoms with Crippen LogP contribution in [0, 0.1) is 0 Å². The van der Waals surface area contributed by atoms with Crippen molar-refractivity contribution in [3.05, 3.63) is 48.5 Å². The number of anilines is 1. The normalized spacial score (nSPS) is 11.1. The van der Waals surface area contributed by atoms with Crippen LogP contribution in [-0.2, 0) is 10.0 Å². The van der Waals surface area contributed by atoms with Crippen LogP contribution in [0.2, 0.25) is 0 Å². The molecule has 21 heavy (non-hydrogen) atoms. The van der Waals surface area contributed by atoms with Gasteiger partial charge in [0.15, 0.2) is 0 Å². The third-order valence-electron chi connectivity index (χ3n) is 2.85. The zero-order valence-electron chi connectivity index (χ0n) is 12.0. The molecule has 0 unspecified atom stereocenters. The largest absolute Gasteiger partial charge is 0.457 e. The molecule has 0 aromatic heterocycles. The van der Waals surface area contributed by atoms with E-state index in [-0.39, 0.29) is 4.90 Å². The van der Waals surface area contributed by atoms with Gasteiger partial charge in [-0.05, 0) is 48.5 Å². The minimum absolute atomic E-state index is 0.224. The molecule has 0 atom stereocenters. The molecule has 0 saturated carbocycles. The van der Waals surface area contributed by atoms with Crippen LogP contribution in [0.1, 0.15) is 6.92 Å². The molecule has 2 aromatic rings. The van der Waals surface area contributed by atoms with Crippen molar-refractivity contribution in [2.45, 2.75) is 11.8 Å². The van der Waals surface area contributed by atoms with E-state index in [1.54, 1.807) is 19.1 Å². The molecular formula is C15H18N2O3S. The minimum Gasteiger partial charge on any atom is -0.457 e. The Labute approximate surface area is 125 Å². The molecule has 0 fully saturated rings. The molecule has 0 heterocycles. The van der Waals surface area contributed by atoms with E-state index in [2.05, 4.69) is 10.0 Å². The van der Waals surface area contributed by atoms with Gasteiger partial charge in [0.2, 0.25) is 10.0 Å². The van der Waals surface area contributed by atoms with E-state index in [0.717, 1.165) is 5.69 Å². The van der Waals surface area contributed by atoms with Gasteiger partial charge in [-0.25, -0.2) is 13.1 Å². The lowest BCUT2D eigenvalue weighted by atomic mass is 10.3. The molecule has 0 aliphatic heterocycles. The number of benzene rings is 2. The minimum atomic E-state index is -3.42. The predicted octanol–water partition coefficient (Wildman–Crippen LogP) is 2.82. The third-order valence-corrected chi connectivity index (χ3v) is 4.41. The zero-order chi connectivity index (χ0) is 15.3. The van der Waals surface area contributed by atoms with E-state index in [1.807, 2.05) is 31.3 Å². The van der Waals surface area contributed by atoms with Crippen molar-refractivity contribution in [3.63, 3.8) is 0 Å². The molecule has 0 aliphatic carbocycles. The summed E-state index contributed by atoms with van der Waals surface area (Å²) in [5.41, 5.74) is 0.995. The van der Waals surface area contributed by atoms with Crippen molar-refractivity contribution >= 4 is 15.7 Å². The first-order valence-electron chi connectivity index (χ1n) is 6.60. The molecule has 0 radical (unpaired) electrons. The second-order valence-corrected chi connectivity index (χ2v) is 6.12. The van der Waals surface area contributed by atoms with Gasteiger partial charge in [-0.2, -0.15) is 0 Å². The van der Waals surface area contributed by atoms with E-state index in [9.17, 15) is 8.42 Å². The first-order chi connectivity index (χ1) is 10.0. The number of rotatable bonds is 6. The summed E-state index contributed by atoms with van der Waals surface area (Å²) in [6.45, 7) is 2.10. The SMILES string of the molecule is CCNS(=O)(=O)c1ccc(Oc2ccc(NC)cc2)cc1. The molecule has 2 N–H and O–H groups in total. The number of sulfonamides is 1. The Bertz CT molecular complexity index is 680. The maximum atomic E-state index is 11.8. The Kier molecular flexibility index (Phi) is 4.82. The Morgan fingerprint density at radius 1 is 0.952 bits per heavy atom. The molecule has 5 nitrogen and oxygen atoms in total. The van der Waals surface area contributed by atoms with Crippen molar-refractivity contribution in [2.24, 2.45) is 0 Å². The summed E-state index contributed by atoms with van der Waals surface area (Å²) in [6, 6.07) is 13.8. The highest BCUT2D eigenvalue weighted by Gasteiger charge is 2.12. The summed E-state index contributed by atoms with van der Waals surface area (Å²) in [5.74, 6) is 1.28. The number of hydrogen-bond donors (Lipinski definition) is 2. The third kappa shape index (κ3) is 3.96. The van der Waals surface area contributed by atoms with Crippen LogP contribution < -0.4 is 14.8 Å². The molecular weight excluding hydrogens is 288 g/mol. The van der Waals surface area contributed by atoms with Gasteiger partial charge in [-0.15, -0.1) is 0 Å². The van der Waals surface area contributed by atoms with Crippen molar-refractivity contribution < 1.29 is 13.2 Å². The maximum Gasteiger partial charge on any atom is 0.240 e. The van der Waals surface area contributed by atoms with Crippen LogP contribution in [0.4, 0.5) is 5.69 Å². The predicted molar refractivity (Wildman–Crippen MR) is 83.4 cm³/mol. The fraction of sp³-hybridized carbons (Fsp3) is 0.200. The molecule has 112 valence electrons. The first kappa shape index (κ1) is 15.3. The summed E-state index contributed by atoms with van der Waals surface area (Å²) < 4.78 is 31.7. The van der Waals surface area contributed by atoms with Crippen LogP contribution in [0.25, 0.3) is 0 Å². The Hall–Kier alpha value is -2.05. The lowest BCUT2D eigenvalue weighted by Gasteiger charge is -2.08. The number of hydrogen-bond acceptors (Lipinski definition) is 4. The molecule has 2 aromatic carbocycles. The maximum absolute atomic E-state index is 11.8. The zero-order valence-corrected chi connectivity index (χ0v) is 12.8. The van der Waals surface area contributed by atoms with Crippen LogP contribution in [0.5, 0.6) is 11.5 Å². The van der Waals surface area contributed by atoms with Crippen molar-refractivity contribution in [1.29, 1.82) is 0 Å². The quantitative estimate of drug-likeness (QED) is 0.861. The summed E-state index contributed by atoms with van der Waals surface area (Å²) in [6.07, 6.45) is 0. The van der Waals surface area contributed by atoms with Crippen molar-refractivity contribution in [3.8, 4) is 11.5 Å². The molecule has 2 rings (SSSR count). The molecule has 6 heteroatoms. The van der Waals surface area contributed by atoms with Gasteiger partial charge in [0.05, 0.1) is 4.90 Å². The van der Waals surface area contributed by atoms with Gasteiger partial charge in [-0.1, -0.05) is 6.92 Å². The Morgan fingerprint density at radius 2 is 1.48 bits per heavy atom. The van der Waals surface area contributed by atoms with E-state index < -0.39 is 10.0 Å². The highest BCUT2D eigenvalue weighted by molar-refractivity contribution is 7.89. The average Bonchev–Trinajstić information content (AvgIpc) is 2.48. The first-order valence-corrected chi connectivity index (χ1v) is 8.09. The molecule has 0 bridgehead atoms. The highest BCUT2D eigenvalue weighted by atomic mass is 32.2. The van der Waals surface area contributed by atoms with E-state index in [1.165, 1.54) is 12.1 Å². The fourth-order valence-corrected chi connectivity index (χ4v) is 2.83. The van der Waals surface area contributed by atoms with Gasteiger partial charge < -0.3 is 10.1 Å². The van der Waals surface area contributed by atoms with Gasteiger partial charge >= 0.3 is 0 Å². The smallest absolute Gasteiger partial charge is 0.240 e. The topological polar surface area (TPSA) is 67.4 Å². The van der Waals surface area contributed by atoms with E-state index in [0.29, 0.717) is 18.0 Å². The average molecular weight is 306 g/mol. The Balaban J connectivity index is 2.12. The van der Waals surface area contributed by atoms with Crippen molar-refractivity contribution in [2.75, 3.05) is 18.9 Å². The van der Waals surface area contributed by atoms with Crippen LogP contribution in [0.3, 0.4) is 0 Å². The van der Waals surface area contributed by atoms with Gasteiger partial charge in [-0.3, -0.25) is 0 Å². The summed E-state index contributed by atoms with van der Waals surface area (Å²) in [7, 11) is -1.58. The fourth-order valence-electron chi connectivity index (χ4n) is 1.79. The standard InChI is InChI=1S/C15H18N2O3S/c1-3-17-21(18,19)15-10-8-14(9-11-15)20-13-6-4-12(16-2)5-7-13/h4-11,16-17H,3H2,1-2H3. The second-order valence-electron chi connectivity index (χ2n) is 4.35. The highest BCUT2D eigenvalue weighted by Crippen LogP contribution is 2.24. The summed E-state index contributed by atoms with van der Waals surface area (Å²) in [4.78, 5) is 0.224. The van der Waals surface area contributed by atoms with Gasteiger partial charge in [0.1, 0.15) is 11.5 Å². The lowest BCUT2D eigenvalue weighted by Crippen LogP contribution is -2.22. The Morgan fingerprint density at radius 3 is 1.95 bits per heavy atom. The summed E-state index contributed by atoms with van der Waals surface area (Å²) >= 11 is 0. The van der Waals surface area contributed by atoms with Crippen LogP contribution in [0.15, 0.2) is 53.4 Å². The number of nitrogens with one attached hydrogen (secondary N) is 2. The van der Waals surface area contributed by atoms with E-state index >= 15 is 0 Å². The van der Waals surface area contributed by atoms with Crippen LogP contribution in [-0.4, -0.2) is 22.0 Å². The summed E-state index contributed by atoms with van der Waals surface area (Å²) in [5, 5.41) is 3.02. The molecule has 0 aliphatic rings. The second kappa shape index (κ2) is 6.60. The monoisotopic (exact) mass is 306 g/mol. The van der Waals surface area contributed by atoms with Gasteiger partial charge in [0, 0.05) is 19.3 Å². The van der Waals surface area contributed by atoms with E-state index in [4.69, 9.17) is 4.74 Å². The van der Waals surface area contributed by atoms with Gasteiger partial charge in [0.25, 0.3) is 0 Å². The molecule has 0 spiro atoms. The lowest BCUT2D eigenvalue weighted by molar-refractivity contribution is 0.482. The van der Waals surface area contributed by atoms with Crippen LogP contribution >= 0.6 is 0 Å². The van der Waals surface area contributed by atoms with Crippen molar-refractivity contribution in [1.82, 2.24) is 4.72 Å². The molecule has 0 amide bonds.